The van der Waals surface area contributed by atoms with E-state index in [1.807, 2.05) is 36.4 Å². The second kappa shape index (κ2) is 8.22. The van der Waals surface area contributed by atoms with Crippen molar-refractivity contribution in [1.29, 1.82) is 0 Å². The van der Waals surface area contributed by atoms with Gasteiger partial charge in [0.2, 0.25) is 5.91 Å². The highest BCUT2D eigenvalue weighted by Crippen LogP contribution is 2.30. The topological polar surface area (TPSA) is 78.9 Å². The SMILES string of the molecule is O=C(Nc1cccc2c(O)cccc12)C1CCCN1C(=O)OCc1ccccc1. The van der Waals surface area contributed by atoms with Crippen LogP contribution in [0, 0.1) is 0 Å². The molecule has 0 saturated carbocycles. The number of nitrogens with zero attached hydrogens (tertiary/aromatic N) is 1. The summed E-state index contributed by atoms with van der Waals surface area (Å²) in [5.41, 5.74) is 1.50. The summed E-state index contributed by atoms with van der Waals surface area (Å²) in [5, 5.41) is 14.4. The Labute approximate surface area is 168 Å². The minimum atomic E-state index is -0.578. The van der Waals surface area contributed by atoms with Crippen LogP contribution in [0.25, 0.3) is 10.8 Å². The number of amides is 2. The summed E-state index contributed by atoms with van der Waals surface area (Å²) in [5.74, 6) is -0.0967. The van der Waals surface area contributed by atoms with Crippen molar-refractivity contribution < 1.29 is 19.4 Å². The number of carbonyl (C=O) groups excluding carboxylic acids is 2. The molecule has 0 spiro atoms. The molecule has 2 amide bonds. The number of ether oxygens (including phenoxy) is 1. The van der Waals surface area contributed by atoms with Crippen molar-refractivity contribution in [1.82, 2.24) is 4.90 Å². The van der Waals surface area contributed by atoms with Gasteiger partial charge in [-0.15, -0.1) is 0 Å². The Morgan fingerprint density at radius 2 is 1.76 bits per heavy atom. The van der Waals surface area contributed by atoms with Crippen LogP contribution >= 0.6 is 0 Å². The summed E-state index contributed by atoms with van der Waals surface area (Å²) in [4.78, 5) is 26.9. The standard InChI is InChI=1S/C23H22N2O4/c26-21-13-5-9-17-18(21)10-4-11-19(17)24-22(27)20-12-6-14-25(20)23(28)29-15-16-7-2-1-3-8-16/h1-5,7-11,13,20,26H,6,12,14-15H2,(H,24,27). The van der Waals surface area contributed by atoms with Gasteiger partial charge in [-0.05, 0) is 30.5 Å². The van der Waals surface area contributed by atoms with Gasteiger partial charge in [0.05, 0.1) is 0 Å². The molecule has 1 aliphatic rings. The van der Waals surface area contributed by atoms with E-state index in [0.29, 0.717) is 24.0 Å². The monoisotopic (exact) mass is 390 g/mol. The molecule has 6 heteroatoms. The van der Waals surface area contributed by atoms with E-state index in [9.17, 15) is 14.7 Å². The zero-order valence-corrected chi connectivity index (χ0v) is 15.9. The van der Waals surface area contributed by atoms with Gasteiger partial charge in [0.15, 0.2) is 0 Å². The highest BCUT2D eigenvalue weighted by atomic mass is 16.6. The Bertz CT molecular complexity index is 1040. The number of hydrogen-bond donors (Lipinski definition) is 2. The van der Waals surface area contributed by atoms with Crippen molar-refractivity contribution >= 4 is 28.5 Å². The molecule has 6 nitrogen and oxygen atoms in total. The third kappa shape index (κ3) is 4.01. The van der Waals surface area contributed by atoms with Crippen molar-refractivity contribution in [2.45, 2.75) is 25.5 Å². The zero-order valence-electron chi connectivity index (χ0n) is 15.9. The molecule has 3 aromatic rings. The number of likely N-dealkylation sites (tertiary alicyclic amines) is 1. The molecular formula is C23H22N2O4. The van der Waals surface area contributed by atoms with Crippen LogP contribution in [0.15, 0.2) is 66.7 Å². The maximum absolute atomic E-state index is 12.9. The first-order valence-corrected chi connectivity index (χ1v) is 9.62. The van der Waals surface area contributed by atoms with Crippen molar-refractivity contribution in [3.05, 3.63) is 72.3 Å². The maximum Gasteiger partial charge on any atom is 0.410 e. The van der Waals surface area contributed by atoms with E-state index in [1.165, 1.54) is 4.90 Å². The Morgan fingerprint density at radius 3 is 2.59 bits per heavy atom. The molecular weight excluding hydrogens is 368 g/mol. The molecule has 1 heterocycles. The Hall–Kier alpha value is -3.54. The van der Waals surface area contributed by atoms with Crippen molar-refractivity contribution in [2.24, 2.45) is 0 Å². The minimum absolute atomic E-state index is 0.158. The van der Waals surface area contributed by atoms with Crippen LogP contribution < -0.4 is 5.32 Å². The maximum atomic E-state index is 12.9. The smallest absolute Gasteiger partial charge is 0.410 e. The van der Waals surface area contributed by atoms with E-state index in [0.717, 1.165) is 17.4 Å². The summed E-state index contributed by atoms with van der Waals surface area (Å²) in [6, 6.07) is 19.4. The van der Waals surface area contributed by atoms with Gasteiger partial charge >= 0.3 is 6.09 Å². The number of aromatic hydroxyl groups is 1. The van der Waals surface area contributed by atoms with E-state index < -0.39 is 12.1 Å². The Balaban J connectivity index is 1.45. The van der Waals surface area contributed by atoms with E-state index in [1.54, 1.807) is 30.3 Å². The van der Waals surface area contributed by atoms with Gasteiger partial charge < -0.3 is 15.2 Å². The summed E-state index contributed by atoms with van der Waals surface area (Å²) in [7, 11) is 0. The van der Waals surface area contributed by atoms with Gasteiger partial charge in [0.25, 0.3) is 0 Å². The van der Waals surface area contributed by atoms with Gasteiger partial charge in [-0.2, -0.15) is 0 Å². The average molecular weight is 390 g/mol. The van der Waals surface area contributed by atoms with E-state index in [4.69, 9.17) is 4.74 Å². The molecule has 29 heavy (non-hydrogen) atoms. The largest absolute Gasteiger partial charge is 0.507 e. The van der Waals surface area contributed by atoms with Crippen molar-refractivity contribution in [2.75, 3.05) is 11.9 Å². The molecule has 4 rings (SSSR count). The van der Waals surface area contributed by atoms with Crippen LogP contribution in [0.4, 0.5) is 10.5 Å². The number of benzene rings is 3. The normalized spacial score (nSPS) is 16.0. The lowest BCUT2D eigenvalue weighted by Gasteiger charge is -2.23. The third-order valence-electron chi connectivity index (χ3n) is 5.15. The first-order chi connectivity index (χ1) is 14.1. The number of fused-ring (bicyclic) bond motifs is 1. The first kappa shape index (κ1) is 18.8. The van der Waals surface area contributed by atoms with Crippen LogP contribution in [0.3, 0.4) is 0 Å². The van der Waals surface area contributed by atoms with Gasteiger partial charge in [-0.1, -0.05) is 54.6 Å². The average Bonchev–Trinajstić information content (AvgIpc) is 3.24. The molecule has 1 saturated heterocycles. The summed E-state index contributed by atoms with van der Waals surface area (Å²) >= 11 is 0. The van der Waals surface area contributed by atoms with E-state index >= 15 is 0 Å². The summed E-state index contributed by atoms with van der Waals surface area (Å²) in [6.07, 6.45) is 0.846. The van der Waals surface area contributed by atoms with Crippen LogP contribution in [-0.2, 0) is 16.1 Å². The summed E-state index contributed by atoms with van der Waals surface area (Å²) < 4.78 is 5.40. The lowest BCUT2D eigenvalue weighted by atomic mass is 10.1. The molecule has 1 unspecified atom stereocenters. The number of hydrogen-bond acceptors (Lipinski definition) is 4. The lowest BCUT2D eigenvalue weighted by Crippen LogP contribution is -2.43. The molecule has 0 aromatic heterocycles. The van der Waals surface area contributed by atoms with Crippen molar-refractivity contribution in [3.8, 4) is 5.75 Å². The number of nitrogens with one attached hydrogen (secondary N) is 1. The quantitative estimate of drug-likeness (QED) is 0.697. The molecule has 1 atom stereocenters. The van der Waals surface area contributed by atoms with Crippen LogP contribution in [-0.4, -0.2) is 34.6 Å². The summed E-state index contributed by atoms with van der Waals surface area (Å²) in [6.45, 7) is 0.662. The molecule has 1 aliphatic heterocycles. The number of anilines is 1. The number of carbonyl (C=O) groups is 2. The second-order valence-electron chi connectivity index (χ2n) is 7.06. The fraction of sp³-hybridized carbons (Fsp3) is 0.217. The van der Waals surface area contributed by atoms with Crippen LogP contribution in [0.5, 0.6) is 5.75 Å². The van der Waals surface area contributed by atoms with E-state index in [-0.39, 0.29) is 18.3 Å². The highest BCUT2D eigenvalue weighted by Gasteiger charge is 2.35. The van der Waals surface area contributed by atoms with E-state index in [2.05, 4.69) is 5.32 Å². The Kier molecular flexibility index (Phi) is 5.33. The second-order valence-corrected chi connectivity index (χ2v) is 7.06. The predicted octanol–water partition coefficient (Wildman–Crippen LogP) is 4.29. The highest BCUT2D eigenvalue weighted by molar-refractivity contribution is 6.05. The fourth-order valence-corrected chi connectivity index (χ4v) is 3.68. The van der Waals surface area contributed by atoms with Crippen LogP contribution in [0.2, 0.25) is 0 Å². The third-order valence-corrected chi connectivity index (χ3v) is 5.15. The van der Waals surface area contributed by atoms with Gasteiger partial charge in [-0.25, -0.2) is 4.79 Å². The van der Waals surface area contributed by atoms with Crippen molar-refractivity contribution in [3.63, 3.8) is 0 Å². The first-order valence-electron chi connectivity index (χ1n) is 9.62. The van der Waals surface area contributed by atoms with Gasteiger partial charge in [-0.3, -0.25) is 9.69 Å². The predicted molar refractivity (Wildman–Crippen MR) is 111 cm³/mol. The lowest BCUT2D eigenvalue weighted by molar-refractivity contribution is -0.120. The zero-order chi connectivity index (χ0) is 20.2. The number of phenolic OH excluding ortho intramolecular Hbond substituents is 1. The fourth-order valence-electron chi connectivity index (χ4n) is 3.68. The molecule has 1 fully saturated rings. The molecule has 0 bridgehead atoms. The Morgan fingerprint density at radius 1 is 1.00 bits per heavy atom. The van der Waals surface area contributed by atoms with Crippen LogP contribution in [0.1, 0.15) is 18.4 Å². The molecule has 0 aliphatic carbocycles. The van der Waals surface area contributed by atoms with Gasteiger partial charge in [0, 0.05) is 23.0 Å². The molecule has 148 valence electrons. The molecule has 2 N–H and O–H groups in total. The number of rotatable bonds is 4. The minimum Gasteiger partial charge on any atom is -0.507 e. The molecule has 0 radical (unpaired) electrons. The number of phenols is 1. The van der Waals surface area contributed by atoms with Gasteiger partial charge in [0.1, 0.15) is 18.4 Å². The molecule has 3 aromatic carbocycles.